The van der Waals surface area contributed by atoms with Crippen LogP contribution in [0.3, 0.4) is 0 Å². The molecule has 2 rings (SSSR count). The fourth-order valence-corrected chi connectivity index (χ4v) is 2.99. The van der Waals surface area contributed by atoms with Gasteiger partial charge in [0, 0.05) is 32.2 Å². The van der Waals surface area contributed by atoms with E-state index in [-0.39, 0.29) is 0 Å². The number of aryl methyl sites for hydroxylation is 2. The molecule has 1 fully saturated rings. The number of aromatic nitrogens is 2. The smallest absolute Gasteiger partial charge is 0.0597 e. The third-order valence-electron chi connectivity index (χ3n) is 4.17. The van der Waals surface area contributed by atoms with E-state index in [1.807, 2.05) is 11.7 Å². The highest BCUT2D eigenvalue weighted by molar-refractivity contribution is 5.08. The second kappa shape index (κ2) is 6.53. The topological polar surface area (TPSA) is 33.1 Å². The fraction of sp³-hybridized carbons (Fsp3) is 0.800. The van der Waals surface area contributed by atoms with E-state index in [2.05, 4.69) is 42.2 Å². The first-order valence-corrected chi connectivity index (χ1v) is 7.57. The second-order valence-corrected chi connectivity index (χ2v) is 5.91. The standard InChI is InChI=1S/C15H28N4/c1-5-6-14-10-19(13(3)7-8-16-14)11-15-9-12(2)17-18(15)4/h9,13-14,16H,5-8,10-11H2,1-4H3. The second-order valence-electron chi connectivity index (χ2n) is 5.91. The van der Waals surface area contributed by atoms with Gasteiger partial charge < -0.3 is 5.32 Å². The molecule has 1 aromatic rings. The van der Waals surface area contributed by atoms with E-state index in [4.69, 9.17) is 0 Å². The first-order valence-electron chi connectivity index (χ1n) is 7.57. The Labute approximate surface area is 117 Å². The van der Waals surface area contributed by atoms with Gasteiger partial charge in [-0.05, 0) is 39.3 Å². The highest BCUT2D eigenvalue weighted by Gasteiger charge is 2.23. The lowest BCUT2D eigenvalue weighted by Gasteiger charge is -2.28. The molecule has 0 aliphatic carbocycles. The lowest BCUT2D eigenvalue weighted by Crippen LogP contribution is -2.39. The SMILES string of the molecule is CCCC1CN(Cc2cc(C)nn2C)C(C)CCN1. The summed E-state index contributed by atoms with van der Waals surface area (Å²) in [6.45, 7) is 9.99. The molecule has 2 unspecified atom stereocenters. The van der Waals surface area contributed by atoms with Crippen molar-refractivity contribution in [3.05, 3.63) is 17.5 Å². The van der Waals surface area contributed by atoms with Crippen molar-refractivity contribution in [2.45, 2.75) is 58.7 Å². The molecule has 2 atom stereocenters. The lowest BCUT2D eigenvalue weighted by molar-refractivity contribution is 0.188. The third-order valence-corrected chi connectivity index (χ3v) is 4.17. The Balaban J connectivity index is 2.04. The Kier molecular flexibility index (Phi) is 4.99. The molecule has 0 spiro atoms. The maximum Gasteiger partial charge on any atom is 0.0597 e. The Morgan fingerprint density at radius 3 is 2.89 bits per heavy atom. The lowest BCUT2D eigenvalue weighted by atomic mass is 10.1. The molecule has 1 saturated heterocycles. The summed E-state index contributed by atoms with van der Waals surface area (Å²) in [4.78, 5) is 2.61. The minimum atomic E-state index is 0.643. The van der Waals surface area contributed by atoms with E-state index < -0.39 is 0 Å². The van der Waals surface area contributed by atoms with Gasteiger partial charge in [0.2, 0.25) is 0 Å². The zero-order valence-electron chi connectivity index (χ0n) is 12.8. The molecule has 0 radical (unpaired) electrons. The van der Waals surface area contributed by atoms with Crippen LogP contribution in [0.4, 0.5) is 0 Å². The minimum absolute atomic E-state index is 0.643. The number of nitrogens with zero attached hydrogens (tertiary/aromatic N) is 3. The number of hydrogen-bond donors (Lipinski definition) is 1. The van der Waals surface area contributed by atoms with Gasteiger partial charge in [0.15, 0.2) is 0 Å². The largest absolute Gasteiger partial charge is 0.313 e. The molecule has 1 aliphatic heterocycles. The van der Waals surface area contributed by atoms with Gasteiger partial charge in [0.25, 0.3) is 0 Å². The molecular weight excluding hydrogens is 236 g/mol. The molecule has 0 bridgehead atoms. The quantitative estimate of drug-likeness (QED) is 0.904. The Morgan fingerprint density at radius 2 is 2.26 bits per heavy atom. The van der Waals surface area contributed by atoms with E-state index >= 15 is 0 Å². The summed E-state index contributed by atoms with van der Waals surface area (Å²) in [6, 6.07) is 3.49. The molecule has 1 N–H and O–H groups in total. The number of hydrogen-bond acceptors (Lipinski definition) is 3. The first-order chi connectivity index (χ1) is 9.10. The van der Waals surface area contributed by atoms with Crippen LogP contribution in [0.15, 0.2) is 6.07 Å². The monoisotopic (exact) mass is 264 g/mol. The molecule has 1 aromatic heterocycles. The van der Waals surface area contributed by atoms with Crippen molar-refractivity contribution in [3.63, 3.8) is 0 Å². The van der Waals surface area contributed by atoms with Gasteiger partial charge in [-0.1, -0.05) is 13.3 Å². The number of rotatable bonds is 4. The highest BCUT2D eigenvalue weighted by atomic mass is 15.3. The molecule has 2 heterocycles. The van der Waals surface area contributed by atoms with Gasteiger partial charge in [-0.3, -0.25) is 9.58 Å². The molecule has 0 saturated carbocycles. The van der Waals surface area contributed by atoms with Gasteiger partial charge in [0.05, 0.1) is 11.4 Å². The Morgan fingerprint density at radius 1 is 1.47 bits per heavy atom. The summed E-state index contributed by atoms with van der Waals surface area (Å²) in [5, 5.41) is 8.14. The Bertz CT molecular complexity index is 399. The van der Waals surface area contributed by atoms with Crippen LogP contribution < -0.4 is 5.32 Å². The normalized spacial score (nSPS) is 25.5. The maximum atomic E-state index is 4.45. The highest BCUT2D eigenvalue weighted by Crippen LogP contribution is 2.16. The van der Waals surface area contributed by atoms with Crippen LogP contribution in [0.25, 0.3) is 0 Å². The summed E-state index contributed by atoms with van der Waals surface area (Å²) in [5.74, 6) is 0. The van der Waals surface area contributed by atoms with Crippen LogP contribution in [-0.4, -0.2) is 39.9 Å². The van der Waals surface area contributed by atoms with Crippen molar-refractivity contribution in [3.8, 4) is 0 Å². The zero-order valence-corrected chi connectivity index (χ0v) is 12.8. The van der Waals surface area contributed by atoms with Crippen molar-refractivity contribution in [2.24, 2.45) is 7.05 Å². The first kappa shape index (κ1) is 14.5. The van der Waals surface area contributed by atoms with Gasteiger partial charge in [0.1, 0.15) is 0 Å². The minimum Gasteiger partial charge on any atom is -0.313 e. The van der Waals surface area contributed by atoms with Gasteiger partial charge in [-0.2, -0.15) is 5.10 Å². The van der Waals surface area contributed by atoms with E-state index in [0.717, 1.165) is 25.3 Å². The molecule has 108 valence electrons. The van der Waals surface area contributed by atoms with Crippen molar-refractivity contribution in [1.29, 1.82) is 0 Å². The average molecular weight is 264 g/mol. The van der Waals surface area contributed by atoms with Crippen LogP contribution >= 0.6 is 0 Å². The van der Waals surface area contributed by atoms with Crippen molar-refractivity contribution in [2.75, 3.05) is 13.1 Å². The molecule has 0 amide bonds. The third kappa shape index (κ3) is 3.80. The molecule has 1 aliphatic rings. The maximum absolute atomic E-state index is 4.45. The van der Waals surface area contributed by atoms with Gasteiger partial charge in [-0.15, -0.1) is 0 Å². The van der Waals surface area contributed by atoms with Crippen molar-refractivity contribution in [1.82, 2.24) is 20.0 Å². The van der Waals surface area contributed by atoms with Crippen LogP contribution in [0.2, 0.25) is 0 Å². The molecule has 0 aromatic carbocycles. The summed E-state index contributed by atoms with van der Waals surface area (Å²) < 4.78 is 2.02. The van der Waals surface area contributed by atoms with E-state index in [1.54, 1.807) is 0 Å². The van der Waals surface area contributed by atoms with E-state index in [1.165, 1.54) is 25.0 Å². The molecule has 4 nitrogen and oxygen atoms in total. The van der Waals surface area contributed by atoms with Gasteiger partial charge >= 0.3 is 0 Å². The molecule has 19 heavy (non-hydrogen) atoms. The predicted molar refractivity (Wildman–Crippen MR) is 79.1 cm³/mol. The van der Waals surface area contributed by atoms with Crippen LogP contribution in [-0.2, 0) is 13.6 Å². The van der Waals surface area contributed by atoms with Crippen LogP contribution in [0.1, 0.15) is 44.5 Å². The Hall–Kier alpha value is -0.870. The predicted octanol–water partition coefficient (Wildman–Crippen LogP) is 2.08. The molecule has 4 heteroatoms. The van der Waals surface area contributed by atoms with E-state index in [0.29, 0.717) is 12.1 Å². The van der Waals surface area contributed by atoms with Crippen molar-refractivity contribution < 1.29 is 0 Å². The average Bonchev–Trinajstić information content (AvgIpc) is 2.55. The molecular formula is C15H28N4. The van der Waals surface area contributed by atoms with Gasteiger partial charge in [-0.25, -0.2) is 0 Å². The number of nitrogens with one attached hydrogen (secondary N) is 1. The van der Waals surface area contributed by atoms with E-state index in [9.17, 15) is 0 Å². The van der Waals surface area contributed by atoms with Crippen LogP contribution in [0.5, 0.6) is 0 Å². The summed E-state index contributed by atoms with van der Waals surface area (Å²) in [5.41, 5.74) is 2.43. The summed E-state index contributed by atoms with van der Waals surface area (Å²) in [7, 11) is 2.05. The summed E-state index contributed by atoms with van der Waals surface area (Å²) in [6.07, 6.45) is 3.76. The van der Waals surface area contributed by atoms with Crippen LogP contribution in [0, 0.1) is 6.92 Å². The summed E-state index contributed by atoms with van der Waals surface area (Å²) >= 11 is 0. The fourth-order valence-electron chi connectivity index (χ4n) is 2.99. The zero-order chi connectivity index (χ0) is 13.8. The van der Waals surface area contributed by atoms with Crippen molar-refractivity contribution >= 4 is 0 Å².